The fraction of sp³-hybridized carbons (Fsp3) is 0.231. The number of hydrogen-bond donors (Lipinski definition) is 1. The van der Waals surface area contributed by atoms with Crippen molar-refractivity contribution >= 4 is 18.0 Å². The fourth-order valence-corrected chi connectivity index (χ4v) is 4.15. The molecule has 2 aromatic carbocycles. The number of alkyl carbamates (subject to hydrolysis) is 1. The number of nitrogens with one attached hydrogen (secondary N) is 1. The molecular formula is C26H23FN2O6. The van der Waals surface area contributed by atoms with Crippen LogP contribution in [-0.4, -0.2) is 37.2 Å². The molecule has 4 rings (SSSR count). The van der Waals surface area contributed by atoms with E-state index in [1.54, 1.807) is 56.3 Å². The molecule has 2 heterocycles. The Morgan fingerprint density at radius 1 is 0.971 bits per heavy atom. The summed E-state index contributed by atoms with van der Waals surface area (Å²) in [6.07, 6.45) is -0.890. The lowest BCUT2D eigenvalue weighted by atomic mass is 9.69. The third-order valence-electron chi connectivity index (χ3n) is 6.02. The maximum Gasteiger partial charge on any atom is 0.413 e. The van der Waals surface area contributed by atoms with E-state index in [9.17, 15) is 18.8 Å². The van der Waals surface area contributed by atoms with Gasteiger partial charge in [0.1, 0.15) is 0 Å². The summed E-state index contributed by atoms with van der Waals surface area (Å²) in [7, 11) is 2.46. The molecule has 0 aliphatic carbocycles. The van der Waals surface area contributed by atoms with Crippen molar-refractivity contribution in [2.24, 2.45) is 5.41 Å². The number of para-hydroxylation sites is 1. The first-order chi connectivity index (χ1) is 16.7. The normalized spacial score (nSPS) is 14.1. The topological polar surface area (TPSA) is 104 Å². The molecule has 1 atom stereocenters. The zero-order valence-corrected chi connectivity index (χ0v) is 19.5. The van der Waals surface area contributed by atoms with Gasteiger partial charge in [0.25, 0.3) is 0 Å². The minimum absolute atomic E-state index is 0.0327. The van der Waals surface area contributed by atoms with Crippen molar-refractivity contribution in [2.45, 2.75) is 19.8 Å². The maximum atomic E-state index is 14.8. The summed E-state index contributed by atoms with van der Waals surface area (Å²) in [4.78, 5) is 41.0. The number of rotatable bonds is 4. The predicted octanol–water partition coefficient (Wildman–Crippen LogP) is 4.82. The SMILES string of the molecule is COC(=O)NC(=O)C(C)(C)C1c2ccc(-c3ccc(C(=O)OC)cc3)nc2Oc2c(F)cccc21. The molecule has 3 aromatic rings. The Hall–Kier alpha value is -4.27. The van der Waals surface area contributed by atoms with Crippen LogP contribution in [0.15, 0.2) is 54.6 Å². The third-order valence-corrected chi connectivity index (χ3v) is 6.02. The van der Waals surface area contributed by atoms with Crippen molar-refractivity contribution in [1.82, 2.24) is 10.3 Å². The van der Waals surface area contributed by atoms with E-state index in [0.29, 0.717) is 27.9 Å². The van der Waals surface area contributed by atoms with Gasteiger partial charge in [-0.15, -0.1) is 0 Å². The lowest BCUT2D eigenvalue weighted by Gasteiger charge is -2.37. The number of ether oxygens (including phenoxy) is 3. The number of amides is 2. The summed E-state index contributed by atoms with van der Waals surface area (Å²) in [5.41, 5.74) is 1.42. The van der Waals surface area contributed by atoms with E-state index in [1.165, 1.54) is 19.2 Å². The van der Waals surface area contributed by atoms with Gasteiger partial charge in [-0.25, -0.2) is 19.0 Å². The number of benzene rings is 2. The molecule has 1 aliphatic heterocycles. The first kappa shape index (κ1) is 23.9. The van der Waals surface area contributed by atoms with Crippen LogP contribution in [0.2, 0.25) is 0 Å². The smallest absolute Gasteiger partial charge is 0.413 e. The number of halogens is 1. The summed E-state index contributed by atoms with van der Waals surface area (Å²) < 4.78 is 30.0. The molecule has 0 spiro atoms. The lowest BCUT2D eigenvalue weighted by Crippen LogP contribution is -2.44. The monoisotopic (exact) mass is 478 g/mol. The van der Waals surface area contributed by atoms with Crippen LogP contribution in [0.4, 0.5) is 9.18 Å². The number of methoxy groups -OCH3 is 2. The van der Waals surface area contributed by atoms with Gasteiger partial charge >= 0.3 is 12.1 Å². The van der Waals surface area contributed by atoms with Crippen LogP contribution in [0.5, 0.6) is 11.6 Å². The van der Waals surface area contributed by atoms with E-state index >= 15 is 0 Å². The maximum absolute atomic E-state index is 14.8. The Kier molecular flexibility index (Phi) is 6.26. The molecule has 35 heavy (non-hydrogen) atoms. The van der Waals surface area contributed by atoms with E-state index in [4.69, 9.17) is 9.47 Å². The average Bonchev–Trinajstić information content (AvgIpc) is 2.86. The molecule has 1 N–H and O–H groups in total. The van der Waals surface area contributed by atoms with Crippen molar-refractivity contribution < 1.29 is 33.0 Å². The molecule has 0 fully saturated rings. The van der Waals surface area contributed by atoms with Gasteiger partial charge in [-0.2, -0.15) is 0 Å². The number of fused-ring (bicyclic) bond motifs is 2. The number of aromatic nitrogens is 1. The molecule has 1 aliphatic rings. The van der Waals surface area contributed by atoms with Crippen LogP contribution >= 0.6 is 0 Å². The zero-order chi connectivity index (χ0) is 25.3. The first-order valence-corrected chi connectivity index (χ1v) is 10.7. The Balaban J connectivity index is 1.79. The van der Waals surface area contributed by atoms with Crippen molar-refractivity contribution in [2.75, 3.05) is 14.2 Å². The van der Waals surface area contributed by atoms with Crippen molar-refractivity contribution in [3.05, 3.63) is 77.1 Å². The van der Waals surface area contributed by atoms with Crippen LogP contribution in [0, 0.1) is 11.2 Å². The molecule has 0 bridgehead atoms. The van der Waals surface area contributed by atoms with Crippen LogP contribution < -0.4 is 10.1 Å². The number of pyridine rings is 1. The van der Waals surface area contributed by atoms with Crippen LogP contribution in [0.25, 0.3) is 11.3 Å². The van der Waals surface area contributed by atoms with E-state index in [1.807, 2.05) is 0 Å². The molecule has 2 amide bonds. The minimum atomic E-state index is -1.21. The Labute approximate surface area is 201 Å². The summed E-state index contributed by atoms with van der Waals surface area (Å²) in [6.45, 7) is 3.30. The molecule has 9 heteroatoms. The van der Waals surface area contributed by atoms with Crippen molar-refractivity contribution in [3.8, 4) is 22.9 Å². The molecule has 180 valence electrons. The fourth-order valence-electron chi connectivity index (χ4n) is 4.15. The predicted molar refractivity (Wildman–Crippen MR) is 124 cm³/mol. The first-order valence-electron chi connectivity index (χ1n) is 10.7. The molecule has 0 saturated heterocycles. The van der Waals surface area contributed by atoms with Gasteiger partial charge in [0.15, 0.2) is 11.6 Å². The van der Waals surface area contributed by atoms with Gasteiger partial charge in [-0.1, -0.05) is 44.2 Å². The van der Waals surface area contributed by atoms with Gasteiger partial charge in [0.05, 0.1) is 30.9 Å². The second-order valence-corrected chi connectivity index (χ2v) is 8.52. The quantitative estimate of drug-likeness (QED) is 0.536. The largest absolute Gasteiger partial charge is 0.465 e. The van der Waals surface area contributed by atoms with Crippen molar-refractivity contribution in [1.29, 1.82) is 0 Å². The number of imide groups is 1. The molecular weight excluding hydrogens is 455 g/mol. The average molecular weight is 478 g/mol. The molecule has 1 aromatic heterocycles. The zero-order valence-electron chi connectivity index (χ0n) is 19.5. The van der Waals surface area contributed by atoms with Gasteiger partial charge in [-0.05, 0) is 24.3 Å². The highest BCUT2D eigenvalue weighted by Gasteiger charge is 2.45. The Morgan fingerprint density at radius 3 is 2.34 bits per heavy atom. The summed E-state index contributed by atoms with van der Waals surface area (Å²) in [6, 6.07) is 14.6. The van der Waals surface area contributed by atoms with Crippen molar-refractivity contribution in [3.63, 3.8) is 0 Å². The number of carbonyl (C=O) groups excluding carboxylic acids is 3. The standard InChI is InChI=1S/C26H23FN2O6/c1-26(2,24(31)29-25(32)34-4)20-16-6-5-7-18(27)21(16)35-22-17(20)12-13-19(28-22)14-8-10-15(11-9-14)23(30)33-3/h5-13,20H,1-4H3,(H,29,31,32). The van der Waals surface area contributed by atoms with Crippen LogP contribution in [0.3, 0.4) is 0 Å². The van der Waals surface area contributed by atoms with Gasteiger partial charge < -0.3 is 14.2 Å². The van der Waals surface area contributed by atoms with Crippen LogP contribution in [0.1, 0.15) is 41.3 Å². The molecule has 0 radical (unpaired) electrons. The minimum Gasteiger partial charge on any atom is -0.465 e. The van der Waals surface area contributed by atoms with E-state index in [2.05, 4.69) is 15.0 Å². The third kappa shape index (κ3) is 4.32. The highest BCUT2D eigenvalue weighted by molar-refractivity contribution is 5.96. The van der Waals surface area contributed by atoms with Gasteiger partial charge in [0, 0.05) is 22.6 Å². The highest BCUT2D eigenvalue weighted by Crippen LogP contribution is 2.52. The number of hydrogen-bond acceptors (Lipinski definition) is 7. The number of esters is 1. The molecule has 8 nitrogen and oxygen atoms in total. The Bertz CT molecular complexity index is 1320. The number of carbonyl (C=O) groups is 3. The summed E-state index contributed by atoms with van der Waals surface area (Å²) in [5, 5.41) is 2.21. The van der Waals surface area contributed by atoms with E-state index < -0.39 is 35.1 Å². The van der Waals surface area contributed by atoms with E-state index in [0.717, 1.165) is 7.11 Å². The number of nitrogens with zero attached hydrogens (tertiary/aromatic N) is 1. The van der Waals surface area contributed by atoms with Gasteiger partial charge in [-0.3, -0.25) is 10.1 Å². The second kappa shape index (κ2) is 9.17. The van der Waals surface area contributed by atoms with Gasteiger partial charge in [0.2, 0.25) is 11.8 Å². The second-order valence-electron chi connectivity index (χ2n) is 8.52. The lowest BCUT2D eigenvalue weighted by molar-refractivity contribution is -0.129. The molecule has 0 saturated carbocycles. The highest BCUT2D eigenvalue weighted by atomic mass is 19.1. The Morgan fingerprint density at radius 2 is 1.69 bits per heavy atom. The van der Waals surface area contributed by atoms with Crippen LogP contribution in [-0.2, 0) is 14.3 Å². The summed E-state index contributed by atoms with van der Waals surface area (Å²) in [5.74, 6) is -2.22. The van der Waals surface area contributed by atoms with E-state index in [-0.39, 0.29) is 11.6 Å². The summed E-state index contributed by atoms with van der Waals surface area (Å²) >= 11 is 0. The molecule has 1 unspecified atom stereocenters.